The standard InChI is InChI=1S/C15H22N2O2/c1-11-3-5-13(6-4-11)10-17-9-12(2)16-14(7-8-18)15(17)19/h3-6,12,14,16,18H,7-10H2,1-2H3. The second kappa shape index (κ2) is 6.17. The fraction of sp³-hybridized carbons (Fsp3) is 0.533. The quantitative estimate of drug-likeness (QED) is 0.853. The molecular formula is C15H22N2O2. The lowest BCUT2D eigenvalue weighted by molar-refractivity contribution is -0.138. The molecule has 104 valence electrons. The Bertz CT molecular complexity index is 430. The number of nitrogens with one attached hydrogen (secondary N) is 1. The van der Waals surface area contributed by atoms with Crippen LogP contribution in [0.15, 0.2) is 24.3 Å². The fourth-order valence-corrected chi connectivity index (χ4v) is 2.50. The fourth-order valence-electron chi connectivity index (χ4n) is 2.50. The molecule has 0 spiro atoms. The number of hydrogen-bond donors (Lipinski definition) is 2. The van der Waals surface area contributed by atoms with Gasteiger partial charge < -0.3 is 15.3 Å². The molecule has 1 aliphatic heterocycles. The third kappa shape index (κ3) is 3.55. The molecule has 2 unspecified atom stereocenters. The van der Waals surface area contributed by atoms with Gasteiger partial charge in [-0.1, -0.05) is 29.8 Å². The number of aryl methyl sites for hydroxylation is 1. The molecule has 0 saturated carbocycles. The van der Waals surface area contributed by atoms with Crippen molar-refractivity contribution in [2.24, 2.45) is 0 Å². The number of hydrogen-bond acceptors (Lipinski definition) is 3. The molecule has 2 N–H and O–H groups in total. The summed E-state index contributed by atoms with van der Waals surface area (Å²) in [6.45, 7) is 5.52. The second-order valence-electron chi connectivity index (χ2n) is 5.34. The molecule has 1 amide bonds. The lowest BCUT2D eigenvalue weighted by Gasteiger charge is -2.37. The average molecular weight is 262 g/mol. The van der Waals surface area contributed by atoms with Crippen LogP contribution in [0.3, 0.4) is 0 Å². The van der Waals surface area contributed by atoms with Gasteiger partial charge in [0.2, 0.25) is 5.91 Å². The molecule has 0 aromatic heterocycles. The highest BCUT2D eigenvalue weighted by Crippen LogP contribution is 2.13. The lowest BCUT2D eigenvalue weighted by Crippen LogP contribution is -2.58. The van der Waals surface area contributed by atoms with E-state index in [1.54, 1.807) is 0 Å². The summed E-state index contributed by atoms with van der Waals surface area (Å²) in [7, 11) is 0. The molecule has 1 saturated heterocycles. The number of aliphatic hydroxyl groups excluding tert-OH is 1. The van der Waals surface area contributed by atoms with Gasteiger partial charge in [0.15, 0.2) is 0 Å². The Morgan fingerprint density at radius 3 is 2.68 bits per heavy atom. The molecular weight excluding hydrogens is 240 g/mol. The predicted octanol–water partition coefficient (Wildman–Crippen LogP) is 1.07. The average Bonchev–Trinajstić information content (AvgIpc) is 2.38. The number of rotatable bonds is 4. The highest BCUT2D eigenvalue weighted by molar-refractivity contribution is 5.82. The largest absolute Gasteiger partial charge is 0.396 e. The van der Waals surface area contributed by atoms with Crippen LogP contribution in [-0.4, -0.2) is 41.1 Å². The number of piperazine rings is 1. The molecule has 0 radical (unpaired) electrons. The van der Waals surface area contributed by atoms with Crippen molar-refractivity contribution in [1.82, 2.24) is 10.2 Å². The van der Waals surface area contributed by atoms with E-state index in [1.807, 2.05) is 4.90 Å². The lowest BCUT2D eigenvalue weighted by atomic mass is 10.1. The van der Waals surface area contributed by atoms with Gasteiger partial charge in [0.05, 0.1) is 6.04 Å². The van der Waals surface area contributed by atoms with E-state index in [-0.39, 0.29) is 24.6 Å². The maximum absolute atomic E-state index is 12.3. The Hall–Kier alpha value is -1.39. The van der Waals surface area contributed by atoms with Crippen LogP contribution >= 0.6 is 0 Å². The molecule has 1 fully saturated rings. The first-order valence-corrected chi connectivity index (χ1v) is 6.81. The van der Waals surface area contributed by atoms with Crippen LogP contribution in [0, 0.1) is 6.92 Å². The molecule has 0 aliphatic carbocycles. The van der Waals surface area contributed by atoms with Crippen molar-refractivity contribution < 1.29 is 9.90 Å². The van der Waals surface area contributed by atoms with Crippen molar-refractivity contribution in [2.75, 3.05) is 13.2 Å². The van der Waals surface area contributed by atoms with Gasteiger partial charge in [-0.3, -0.25) is 4.79 Å². The van der Waals surface area contributed by atoms with E-state index in [4.69, 9.17) is 5.11 Å². The minimum atomic E-state index is -0.251. The molecule has 19 heavy (non-hydrogen) atoms. The van der Waals surface area contributed by atoms with Gasteiger partial charge in [0.25, 0.3) is 0 Å². The van der Waals surface area contributed by atoms with Gasteiger partial charge in [0, 0.05) is 25.7 Å². The van der Waals surface area contributed by atoms with Crippen molar-refractivity contribution >= 4 is 5.91 Å². The Morgan fingerprint density at radius 1 is 1.37 bits per heavy atom. The van der Waals surface area contributed by atoms with E-state index < -0.39 is 0 Å². The van der Waals surface area contributed by atoms with Crippen molar-refractivity contribution in [3.05, 3.63) is 35.4 Å². The van der Waals surface area contributed by atoms with E-state index in [0.29, 0.717) is 19.5 Å². The summed E-state index contributed by atoms with van der Waals surface area (Å²) < 4.78 is 0. The van der Waals surface area contributed by atoms with Crippen molar-refractivity contribution in [2.45, 2.75) is 38.9 Å². The SMILES string of the molecule is Cc1ccc(CN2CC(C)NC(CCO)C2=O)cc1. The Morgan fingerprint density at radius 2 is 2.05 bits per heavy atom. The number of carbonyl (C=O) groups excluding carboxylic acids is 1. The third-order valence-electron chi connectivity index (χ3n) is 3.50. The van der Waals surface area contributed by atoms with Crippen molar-refractivity contribution in [3.63, 3.8) is 0 Å². The number of carbonyl (C=O) groups is 1. The highest BCUT2D eigenvalue weighted by atomic mass is 16.3. The molecule has 4 heteroatoms. The summed E-state index contributed by atoms with van der Waals surface area (Å²) in [5.41, 5.74) is 2.37. The summed E-state index contributed by atoms with van der Waals surface area (Å²) in [6.07, 6.45) is 0.480. The maximum Gasteiger partial charge on any atom is 0.240 e. The minimum Gasteiger partial charge on any atom is -0.396 e. The van der Waals surface area contributed by atoms with E-state index in [9.17, 15) is 4.79 Å². The van der Waals surface area contributed by atoms with E-state index >= 15 is 0 Å². The molecule has 0 bridgehead atoms. The van der Waals surface area contributed by atoms with Crippen LogP contribution in [0.5, 0.6) is 0 Å². The number of benzene rings is 1. The monoisotopic (exact) mass is 262 g/mol. The molecule has 2 atom stereocenters. The molecule has 1 aromatic carbocycles. The predicted molar refractivity (Wildman–Crippen MR) is 74.7 cm³/mol. The van der Waals surface area contributed by atoms with Crippen LogP contribution in [0.25, 0.3) is 0 Å². The van der Waals surface area contributed by atoms with E-state index in [0.717, 1.165) is 5.56 Å². The number of aliphatic hydroxyl groups is 1. The third-order valence-corrected chi connectivity index (χ3v) is 3.50. The van der Waals surface area contributed by atoms with Crippen molar-refractivity contribution in [1.29, 1.82) is 0 Å². The molecule has 4 nitrogen and oxygen atoms in total. The maximum atomic E-state index is 12.3. The summed E-state index contributed by atoms with van der Waals surface area (Å²) in [6, 6.07) is 8.28. The molecule has 1 heterocycles. The molecule has 1 aliphatic rings. The van der Waals surface area contributed by atoms with Crippen LogP contribution in [-0.2, 0) is 11.3 Å². The topological polar surface area (TPSA) is 52.6 Å². The van der Waals surface area contributed by atoms with E-state index in [2.05, 4.69) is 43.4 Å². The first-order chi connectivity index (χ1) is 9.10. The summed E-state index contributed by atoms with van der Waals surface area (Å²) >= 11 is 0. The van der Waals surface area contributed by atoms with Crippen LogP contribution in [0.2, 0.25) is 0 Å². The van der Waals surface area contributed by atoms with Crippen LogP contribution < -0.4 is 5.32 Å². The summed E-state index contributed by atoms with van der Waals surface area (Å²) in [5, 5.41) is 12.3. The number of amides is 1. The van der Waals surface area contributed by atoms with Gasteiger partial charge in [-0.2, -0.15) is 0 Å². The van der Waals surface area contributed by atoms with Gasteiger partial charge >= 0.3 is 0 Å². The van der Waals surface area contributed by atoms with Gasteiger partial charge in [-0.15, -0.1) is 0 Å². The van der Waals surface area contributed by atoms with E-state index in [1.165, 1.54) is 5.56 Å². The normalized spacial score (nSPS) is 23.7. The summed E-state index contributed by atoms with van der Waals surface area (Å²) in [5.74, 6) is 0.0905. The van der Waals surface area contributed by atoms with Crippen LogP contribution in [0.4, 0.5) is 0 Å². The number of nitrogens with zero attached hydrogens (tertiary/aromatic N) is 1. The highest BCUT2D eigenvalue weighted by Gasteiger charge is 2.31. The zero-order chi connectivity index (χ0) is 13.8. The van der Waals surface area contributed by atoms with Gasteiger partial charge in [0.1, 0.15) is 0 Å². The van der Waals surface area contributed by atoms with Crippen LogP contribution in [0.1, 0.15) is 24.5 Å². The minimum absolute atomic E-state index is 0.0362. The summed E-state index contributed by atoms with van der Waals surface area (Å²) in [4.78, 5) is 14.2. The van der Waals surface area contributed by atoms with Gasteiger partial charge in [-0.05, 0) is 25.8 Å². The first-order valence-electron chi connectivity index (χ1n) is 6.81. The van der Waals surface area contributed by atoms with Gasteiger partial charge in [-0.25, -0.2) is 0 Å². The Kier molecular flexibility index (Phi) is 4.56. The van der Waals surface area contributed by atoms with Crippen molar-refractivity contribution in [3.8, 4) is 0 Å². The Balaban J connectivity index is 2.05. The zero-order valence-corrected chi connectivity index (χ0v) is 11.6. The molecule has 1 aromatic rings. The zero-order valence-electron chi connectivity index (χ0n) is 11.6. The first kappa shape index (κ1) is 14.0. The molecule has 2 rings (SSSR count). The smallest absolute Gasteiger partial charge is 0.240 e. The Labute approximate surface area is 114 Å². The second-order valence-corrected chi connectivity index (χ2v) is 5.34.